The van der Waals surface area contributed by atoms with Crippen LogP contribution in [-0.4, -0.2) is 29.4 Å². The Kier molecular flexibility index (Phi) is 8.08. The molecule has 152 valence electrons. The molecule has 6 N–H and O–H groups in total. The first kappa shape index (κ1) is 22.0. The Hall–Kier alpha value is -2.31. The number of ether oxygens (including phenoxy) is 1. The number of nitrogens with one attached hydrogen (secondary N) is 2. The maximum Gasteiger partial charge on any atom is 0.319 e. The van der Waals surface area contributed by atoms with Gasteiger partial charge in [0.15, 0.2) is 0 Å². The van der Waals surface area contributed by atoms with Gasteiger partial charge in [-0.2, -0.15) is 4.37 Å². The zero-order valence-electron chi connectivity index (χ0n) is 14.6. The monoisotopic (exact) mass is 477 g/mol. The van der Waals surface area contributed by atoms with Gasteiger partial charge in [-0.1, -0.05) is 15.9 Å². The molecule has 0 bridgehead atoms. The van der Waals surface area contributed by atoms with Crippen molar-refractivity contribution in [2.24, 2.45) is 11.5 Å². The van der Waals surface area contributed by atoms with E-state index in [9.17, 15) is 18.4 Å². The van der Waals surface area contributed by atoms with Crippen LogP contribution < -0.4 is 26.8 Å². The van der Waals surface area contributed by atoms with Gasteiger partial charge in [0, 0.05) is 11.0 Å². The Morgan fingerprint density at radius 1 is 1.25 bits per heavy atom. The number of amides is 3. The number of primary amides is 1. The quantitative estimate of drug-likeness (QED) is 0.412. The number of aromatic nitrogens is 1. The zero-order valence-corrected chi connectivity index (χ0v) is 17.0. The molecule has 1 heterocycles. The van der Waals surface area contributed by atoms with E-state index in [1.54, 1.807) is 0 Å². The van der Waals surface area contributed by atoms with E-state index in [1.165, 1.54) is 0 Å². The third-order valence-corrected chi connectivity index (χ3v) is 4.71. The van der Waals surface area contributed by atoms with Crippen LogP contribution in [0.4, 0.5) is 18.6 Å². The minimum absolute atomic E-state index is 0.0653. The highest BCUT2D eigenvalue weighted by Gasteiger charge is 2.23. The number of hydrogen-bond acceptors (Lipinski definition) is 6. The van der Waals surface area contributed by atoms with E-state index in [2.05, 4.69) is 30.9 Å². The molecule has 8 nitrogen and oxygen atoms in total. The fourth-order valence-electron chi connectivity index (χ4n) is 2.15. The number of nitrogens with two attached hydrogens (primary N) is 2. The number of unbranched alkanes of at least 4 members (excludes halogenated alkanes) is 1. The Morgan fingerprint density at radius 2 is 1.93 bits per heavy atom. The van der Waals surface area contributed by atoms with E-state index in [0.29, 0.717) is 19.5 Å². The molecule has 0 saturated heterocycles. The van der Waals surface area contributed by atoms with Crippen molar-refractivity contribution in [3.8, 4) is 5.88 Å². The minimum Gasteiger partial charge on any atom is -0.471 e. The first-order valence-corrected chi connectivity index (χ1v) is 9.70. The maximum atomic E-state index is 13.9. The average molecular weight is 478 g/mol. The summed E-state index contributed by atoms with van der Waals surface area (Å²) in [5.41, 5.74) is 10.2. The largest absolute Gasteiger partial charge is 0.471 e. The van der Waals surface area contributed by atoms with E-state index in [4.69, 9.17) is 16.2 Å². The van der Waals surface area contributed by atoms with Crippen molar-refractivity contribution < 1.29 is 23.1 Å². The second-order valence-electron chi connectivity index (χ2n) is 5.57. The van der Waals surface area contributed by atoms with E-state index in [1.807, 2.05) is 0 Å². The summed E-state index contributed by atoms with van der Waals surface area (Å²) in [5, 5.41) is 5.12. The summed E-state index contributed by atoms with van der Waals surface area (Å²) < 4.78 is 37.2. The van der Waals surface area contributed by atoms with E-state index < -0.39 is 30.2 Å². The van der Waals surface area contributed by atoms with Crippen LogP contribution in [0.25, 0.3) is 0 Å². The number of hydrogen-bond donors (Lipinski definition) is 4. The lowest BCUT2D eigenvalue weighted by Gasteiger charge is -2.09. The molecule has 0 aliphatic carbocycles. The highest BCUT2D eigenvalue weighted by atomic mass is 79.9. The average Bonchev–Trinajstić information content (AvgIpc) is 3.00. The molecule has 0 radical (unpaired) electrons. The first-order chi connectivity index (χ1) is 13.3. The van der Waals surface area contributed by atoms with Crippen molar-refractivity contribution in [3.05, 3.63) is 39.4 Å². The number of halogens is 3. The van der Waals surface area contributed by atoms with Crippen LogP contribution in [0.15, 0.2) is 16.6 Å². The molecule has 0 atom stereocenters. The van der Waals surface area contributed by atoms with Crippen LogP contribution in [-0.2, 0) is 6.61 Å². The van der Waals surface area contributed by atoms with Crippen LogP contribution in [0.1, 0.15) is 28.8 Å². The predicted octanol–water partition coefficient (Wildman–Crippen LogP) is 2.72. The molecule has 2 rings (SSSR count). The third-order valence-electron chi connectivity index (χ3n) is 3.51. The molecular weight excluding hydrogens is 460 g/mol. The second kappa shape index (κ2) is 10.3. The van der Waals surface area contributed by atoms with Gasteiger partial charge in [0.2, 0.25) is 5.88 Å². The van der Waals surface area contributed by atoms with Gasteiger partial charge in [0.05, 0.1) is 5.56 Å². The van der Waals surface area contributed by atoms with Crippen LogP contribution in [0.3, 0.4) is 0 Å². The van der Waals surface area contributed by atoms with Gasteiger partial charge in [-0.15, -0.1) is 0 Å². The van der Waals surface area contributed by atoms with Crippen LogP contribution in [0, 0.1) is 11.6 Å². The highest BCUT2D eigenvalue weighted by Crippen LogP contribution is 2.31. The van der Waals surface area contributed by atoms with Crippen molar-refractivity contribution in [2.75, 3.05) is 18.4 Å². The number of carbonyl (C=O) groups is 2. The summed E-state index contributed by atoms with van der Waals surface area (Å²) in [6.07, 6.45) is 1.46. The third kappa shape index (κ3) is 5.84. The van der Waals surface area contributed by atoms with Crippen LogP contribution in [0.5, 0.6) is 5.88 Å². The SMILES string of the molecule is NCCCCNC(=O)Nc1snc(OCc2c(F)cc(Br)cc2F)c1C(N)=O. The summed E-state index contributed by atoms with van der Waals surface area (Å²) in [6.45, 7) is 0.406. The molecular formula is C16H18BrF2N5O3S. The molecule has 1 aromatic heterocycles. The van der Waals surface area contributed by atoms with Crippen molar-refractivity contribution in [1.82, 2.24) is 9.69 Å². The summed E-state index contributed by atoms with van der Waals surface area (Å²) in [5.74, 6) is -2.77. The van der Waals surface area contributed by atoms with Crippen molar-refractivity contribution in [3.63, 3.8) is 0 Å². The van der Waals surface area contributed by atoms with Crippen molar-refractivity contribution in [1.29, 1.82) is 0 Å². The van der Waals surface area contributed by atoms with Crippen molar-refractivity contribution in [2.45, 2.75) is 19.4 Å². The Balaban J connectivity index is 2.08. The topological polar surface area (TPSA) is 132 Å². The lowest BCUT2D eigenvalue weighted by molar-refractivity contribution is 0.0996. The molecule has 3 amide bonds. The second-order valence-corrected chi connectivity index (χ2v) is 7.26. The molecule has 0 aliphatic heterocycles. The number of carbonyl (C=O) groups excluding carboxylic acids is 2. The molecule has 2 aromatic rings. The Morgan fingerprint density at radius 3 is 2.54 bits per heavy atom. The molecule has 0 unspecified atom stereocenters. The van der Waals surface area contributed by atoms with Gasteiger partial charge >= 0.3 is 6.03 Å². The zero-order chi connectivity index (χ0) is 20.7. The molecule has 0 aliphatic rings. The number of rotatable bonds is 9. The molecule has 0 saturated carbocycles. The van der Waals surface area contributed by atoms with Crippen LogP contribution >= 0.6 is 27.5 Å². The molecule has 28 heavy (non-hydrogen) atoms. The molecule has 1 aromatic carbocycles. The van der Waals surface area contributed by atoms with Gasteiger partial charge in [0.1, 0.15) is 28.8 Å². The van der Waals surface area contributed by atoms with Gasteiger partial charge in [-0.25, -0.2) is 13.6 Å². The summed E-state index contributed by atoms with van der Waals surface area (Å²) >= 11 is 3.74. The normalized spacial score (nSPS) is 10.6. The number of nitrogens with zero attached hydrogens (tertiary/aromatic N) is 1. The smallest absolute Gasteiger partial charge is 0.319 e. The number of urea groups is 1. The first-order valence-electron chi connectivity index (χ1n) is 8.14. The maximum absolute atomic E-state index is 13.9. The highest BCUT2D eigenvalue weighted by molar-refractivity contribution is 9.10. The van der Waals surface area contributed by atoms with E-state index in [-0.39, 0.29) is 26.5 Å². The summed E-state index contributed by atoms with van der Waals surface area (Å²) in [4.78, 5) is 23.6. The van der Waals surface area contributed by atoms with Gasteiger partial charge < -0.3 is 21.5 Å². The van der Waals surface area contributed by atoms with E-state index >= 15 is 0 Å². The summed E-state index contributed by atoms with van der Waals surface area (Å²) in [6, 6.07) is 1.61. The van der Waals surface area contributed by atoms with Gasteiger partial charge in [-0.05, 0) is 43.1 Å². The minimum atomic E-state index is -0.904. The molecule has 0 fully saturated rings. The Labute approximate surface area is 171 Å². The van der Waals surface area contributed by atoms with E-state index in [0.717, 1.165) is 30.1 Å². The van der Waals surface area contributed by atoms with Gasteiger partial charge in [0.25, 0.3) is 5.91 Å². The molecule has 12 heteroatoms. The summed E-state index contributed by atoms with van der Waals surface area (Å²) in [7, 11) is 0. The van der Waals surface area contributed by atoms with Crippen molar-refractivity contribution >= 4 is 44.4 Å². The lowest BCUT2D eigenvalue weighted by Crippen LogP contribution is -2.30. The van der Waals surface area contributed by atoms with Crippen LogP contribution in [0.2, 0.25) is 0 Å². The lowest BCUT2D eigenvalue weighted by atomic mass is 10.2. The number of anilines is 1. The fourth-order valence-corrected chi connectivity index (χ4v) is 3.28. The number of benzene rings is 1. The standard InChI is InChI=1S/C16H18BrF2N5O3S/c17-8-5-10(18)9(11(19)6-8)7-27-14-12(13(21)25)15(28-24-14)23-16(26)22-4-2-1-3-20/h5-6H,1-4,7,20H2,(H2,21,25)(H2,22,23,26). The van der Waals surface area contributed by atoms with Gasteiger partial charge in [-0.3, -0.25) is 10.1 Å². The molecule has 0 spiro atoms. The predicted molar refractivity (Wildman–Crippen MR) is 104 cm³/mol. The fraction of sp³-hybridized carbons (Fsp3) is 0.312. The Bertz CT molecular complexity index is 842.